The lowest BCUT2D eigenvalue weighted by atomic mass is 10.2. The van der Waals surface area contributed by atoms with Crippen molar-refractivity contribution in [3.05, 3.63) is 59.9 Å². The molecule has 0 aliphatic carbocycles. The van der Waals surface area contributed by atoms with E-state index in [9.17, 15) is 4.79 Å². The number of nitrogens with one attached hydrogen (secondary N) is 1. The molecule has 0 unspecified atom stereocenters. The summed E-state index contributed by atoms with van der Waals surface area (Å²) in [6, 6.07) is 16.1. The van der Waals surface area contributed by atoms with Gasteiger partial charge in [0.1, 0.15) is 11.6 Å². The molecule has 1 heterocycles. The van der Waals surface area contributed by atoms with Gasteiger partial charge in [-0.3, -0.25) is 4.79 Å². The van der Waals surface area contributed by atoms with Crippen LogP contribution < -0.4 is 10.1 Å². The second kappa shape index (κ2) is 8.33. The van der Waals surface area contributed by atoms with Crippen molar-refractivity contribution in [3.63, 3.8) is 0 Å². The molecule has 1 N–H and O–H groups in total. The average molecular weight is 337 g/mol. The Hall–Kier alpha value is -2.82. The second-order valence-corrected chi connectivity index (χ2v) is 5.99. The number of para-hydroxylation sites is 3. The van der Waals surface area contributed by atoms with Crippen LogP contribution >= 0.6 is 0 Å². The molecule has 3 aromatic rings. The quantitative estimate of drug-likeness (QED) is 0.481. The Morgan fingerprint density at radius 1 is 1.12 bits per heavy atom. The number of unbranched alkanes of at least 4 members (excludes halogenated alkanes) is 1. The van der Waals surface area contributed by atoms with Gasteiger partial charge in [0.15, 0.2) is 0 Å². The molecule has 130 valence electrons. The summed E-state index contributed by atoms with van der Waals surface area (Å²) in [5, 5.41) is 2.71. The third-order valence-electron chi connectivity index (χ3n) is 4.20. The van der Waals surface area contributed by atoms with Gasteiger partial charge in [-0.15, -0.1) is 0 Å². The summed E-state index contributed by atoms with van der Waals surface area (Å²) in [5.74, 6) is 1.83. The van der Waals surface area contributed by atoms with E-state index in [0.29, 0.717) is 19.6 Å². The van der Waals surface area contributed by atoms with Crippen molar-refractivity contribution in [2.45, 2.75) is 32.9 Å². The first-order valence-electron chi connectivity index (χ1n) is 8.59. The molecule has 1 amide bonds. The number of fused-ring (bicyclic) bond motifs is 1. The number of benzene rings is 2. The number of rotatable bonds is 9. The summed E-state index contributed by atoms with van der Waals surface area (Å²) >= 11 is 0. The number of hydrogen-bond donors (Lipinski definition) is 1. The highest BCUT2D eigenvalue weighted by Crippen LogP contribution is 2.18. The molecule has 0 fully saturated rings. The van der Waals surface area contributed by atoms with Crippen LogP contribution in [0, 0.1) is 6.92 Å². The maximum atomic E-state index is 10.6. The van der Waals surface area contributed by atoms with E-state index < -0.39 is 0 Å². The highest BCUT2D eigenvalue weighted by Gasteiger charge is 2.09. The Balaban J connectivity index is 1.58. The van der Waals surface area contributed by atoms with Crippen molar-refractivity contribution in [3.8, 4) is 5.75 Å². The Morgan fingerprint density at radius 2 is 1.92 bits per heavy atom. The SMILES string of the molecule is Cc1ccccc1OCCCCn1c(CNC=O)nc2ccccc21. The van der Waals surface area contributed by atoms with Crippen molar-refractivity contribution in [1.82, 2.24) is 14.9 Å². The Morgan fingerprint density at radius 3 is 2.76 bits per heavy atom. The lowest BCUT2D eigenvalue weighted by Gasteiger charge is -2.11. The van der Waals surface area contributed by atoms with E-state index in [2.05, 4.69) is 33.9 Å². The maximum absolute atomic E-state index is 10.6. The summed E-state index contributed by atoms with van der Waals surface area (Å²) in [4.78, 5) is 15.2. The number of aromatic nitrogens is 2. The van der Waals surface area contributed by atoms with E-state index in [-0.39, 0.29) is 0 Å². The van der Waals surface area contributed by atoms with Gasteiger partial charge in [0.2, 0.25) is 6.41 Å². The molecule has 0 atom stereocenters. The molecule has 5 nitrogen and oxygen atoms in total. The number of ether oxygens (including phenoxy) is 1. The van der Waals surface area contributed by atoms with Gasteiger partial charge in [-0.05, 0) is 43.5 Å². The molecule has 0 bridgehead atoms. The van der Waals surface area contributed by atoms with Crippen LogP contribution in [0.3, 0.4) is 0 Å². The zero-order valence-corrected chi connectivity index (χ0v) is 14.4. The van der Waals surface area contributed by atoms with Crippen LogP contribution in [0.15, 0.2) is 48.5 Å². The van der Waals surface area contributed by atoms with E-state index in [1.54, 1.807) is 0 Å². The summed E-state index contributed by atoms with van der Waals surface area (Å²) < 4.78 is 8.04. The molecule has 0 saturated carbocycles. The molecular formula is C20H23N3O2. The largest absolute Gasteiger partial charge is 0.493 e. The van der Waals surface area contributed by atoms with Crippen LogP contribution in [0.5, 0.6) is 5.75 Å². The first-order chi connectivity index (χ1) is 12.3. The molecule has 25 heavy (non-hydrogen) atoms. The standard InChI is InChI=1S/C20H23N3O2/c1-16-8-2-5-11-19(16)25-13-7-6-12-23-18-10-4-3-9-17(18)22-20(23)14-21-15-24/h2-5,8-11,15H,6-7,12-14H2,1H3,(H,21,24). The monoisotopic (exact) mass is 337 g/mol. The van der Waals surface area contributed by atoms with E-state index in [1.807, 2.05) is 36.4 Å². The minimum Gasteiger partial charge on any atom is -0.493 e. The number of amides is 1. The van der Waals surface area contributed by atoms with Gasteiger partial charge >= 0.3 is 0 Å². The Labute approximate surface area is 147 Å². The van der Waals surface area contributed by atoms with Crippen molar-refractivity contribution in [1.29, 1.82) is 0 Å². The minimum absolute atomic E-state index is 0.442. The average Bonchev–Trinajstić information content (AvgIpc) is 2.99. The smallest absolute Gasteiger partial charge is 0.207 e. The third-order valence-corrected chi connectivity index (χ3v) is 4.20. The van der Waals surface area contributed by atoms with E-state index in [1.165, 1.54) is 0 Å². The molecule has 1 aromatic heterocycles. The normalized spacial score (nSPS) is 10.8. The fourth-order valence-corrected chi connectivity index (χ4v) is 2.92. The molecule has 0 radical (unpaired) electrons. The zero-order valence-electron chi connectivity index (χ0n) is 14.4. The summed E-state index contributed by atoms with van der Waals surface area (Å²) in [6.07, 6.45) is 2.65. The van der Waals surface area contributed by atoms with Crippen molar-refractivity contribution in [2.24, 2.45) is 0 Å². The van der Waals surface area contributed by atoms with Gasteiger partial charge in [0, 0.05) is 6.54 Å². The molecule has 0 aliphatic rings. The zero-order chi connectivity index (χ0) is 17.5. The number of hydrogen-bond acceptors (Lipinski definition) is 3. The number of nitrogens with zero attached hydrogens (tertiary/aromatic N) is 2. The predicted octanol–water partition coefficient (Wildman–Crippen LogP) is 3.45. The van der Waals surface area contributed by atoms with Crippen LogP contribution in [0.2, 0.25) is 0 Å². The molecule has 5 heteroatoms. The van der Waals surface area contributed by atoms with Gasteiger partial charge in [-0.1, -0.05) is 30.3 Å². The molecule has 0 aliphatic heterocycles. The molecule has 2 aromatic carbocycles. The van der Waals surface area contributed by atoms with Gasteiger partial charge in [-0.25, -0.2) is 4.98 Å². The fourth-order valence-electron chi connectivity index (χ4n) is 2.92. The number of carbonyl (C=O) groups is 1. The van der Waals surface area contributed by atoms with Crippen LogP contribution in [-0.4, -0.2) is 22.6 Å². The number of aryl methyl sites for hydroxylation is 2. The Bertz CT molecular complexity index is 842. The summed E-state index contributed by atoms with van der Waals surface area (Å²) in [6.45, 7) is 4.05. The lowest BCUT2D eigenvalue weighted by molar-refractivity contribution is -0.109. The summed E-state index contributed by atoms with van der Waals surface area (Å²) in [5.41, 5.74) is 3.22. The molecule has 0 saturated heterocycles. The first-order valence-corrected chi connectivity index (χ1v) is 8.59. The lowest BCUT2D eigenvalue weighted by Crippen LogP contribution is -2.15. The van der Waals surface area contributed by atoms with Gasteiger partial charge in [0.25, 0.3) is 0 Å². The first kappa shape index (κ1) is 17.0. The highest BCUT2D eigenvalue weighted by atomic mass is 16.5. The van der Waals surface area contributed by atoms with Crippen LogP contribution in [0.4, 0.5) is 0 Å². The van der Waals surface area contributed by atoms with E-state index in [0.717, 1.165) is 47.6 Å². The van der Waals surface area contributed by atoms with Gasteiger partial charge in [0.05, 0.1) is 24.2 Å². The molecule has 3 rings (SSSR count). The van der Waals surface area contributed by atoms with Crippen LogP contribution in [0.1, 0.15) is 24.2 Å². The van der Waals surface area contributed by atoms with Gasteiger partial charge in [-0.2, -0.15) is 0 Å². The van der Waals surface area contributed by atoms with Crippen LogP contribution in [-0.2, 0) is 17.9 Å². The topological polar surface area (TPSA) is 56.1 Å². The van der Waals surface area contributed by atoms with Crippen molar-refractivity contribution in [2.75, 3.05) is 6.61 Å². The van der Waals surface area contributed by atoms with Gasteiger partial charge < -0.3 is 14.6 Å². The predicted molar refractivity (Wildman–Crippen MR) is 98.5 cm³/mol. The minimum atomic E-state index is 0.442. The Kier molecular flexibility index (Phi) is 5.67. The third kappa shape index (κ3) is 4.18. The number of carbonyl (C=O) groups excluding carboxylic acids is 1. The molecule has 0 spiro atoms. The van der Waals surface area contributed by atoms with Crippen molar-refractivity contribution < 1.29 is 9.53 Å². The highest BCUT2D eigenvalue weighted by molar-refractivity contribution is 5.75. The number of imidazole rings is 1. The fraction of sp³-hybridized carbons (Fsp3) is 0.300. The molecular weight excluding hydrogens is 314 g/mol. The summed E-state index contributed by atoms with van der Waals surface area (Å²) in [7, 11) is 0. The maximum Gasteiger partial charge on any atom is 0.207 e. The van der Waals surface area contributed by atoms with E-state index >= 15 is 0 Å². The van der Waals surface area contributed by atoms with E-state index in [4.69, 9.17) is 4.74 Å². The van der Waals surface area contributed by atoms with Crippen molar-refractivity contribution >= 4 is 17.4 Å². The second-order valence-electron chi connectivity index (χ2n) is 5.99. The van der Waals surface area contributed by atoms with Crippen LogP contribution in [0.25, 0.3) is 11.0 Å².